The minimum Gasteiger partial charge on any atom is -0.459 e. The molecule has 5 aliphatic rings. The molecule has 1 unspecified atom stereocenters. The molecule has 3 N–H and O–H groups in total. The highest BCUT2D eigenvalue weighted by Gasteiger charge is 2.65. The Morgan fingerprint density at radius 3 is 2.34 bits per heavy atom. The van der Waals surface area contributed by atoms with Gasteiger partial charge in [0.15, 0.2) is 11.5 Å². The predicted molar refractivity (Wildman–Crippen MR) is 289 cm³/mol. The average Bonchev–Trinajstić information content (AvgIpc) is 3.92. The monoisotopic (exact) mass is 1040 g/mol. The van der Waals surface area contributed by atoms with Gasteiger partial charge in [-0.25, -0.2) is 4.79 Å². The van der Waals surface area contributed by atoms with Gasteiger partial charge in [0.1, 0.15) is 17.5 Å². The minimum atomic E-state index is -1.57. The number of allylic oxidation sites excluding steroid dienone is 1. The number of aliphatic hydroxyl groups is 2. The van der Waals surface area contributed by atoms with Crippen LogP contribution in [0.3, 0.4) is 0 Å². The Morgan fingerprint density at radius 2 is 1.62 bits per heavy atom. The molecule has 76 heavy (non-hydrogen) atoms. The van der Waals surface area contributed by atoms with Crippen molar-refractivity contribution in [2.45, 2.75) is 166 Å². The van der Waals surface area contributed by atoms with Crippen molar-refractivity contribution in [1.82, 2.24) is 10.2 Å². The molecule has 8 rings (SSSR count). The highest BCUT2D eigenvalue weighted by Crippen LogP contribution is 2.62. The Labute approximate surface area is 449 Å². The van der Waals surface area contributed by atoms with Gasteiger partial charge in [-0.15, -0.1) is 6.58 Å². The van der Waals surface area contributed by atoms with Crippen molar-refractivity contribution < 1.29 is 53.1 Å². The summed E-state index contributed by atoms with van der Waals surface area (Å²) in [6.07, 6.45) is 21.8. The van der Waals surface area contributed by atoms with Crippen LogP contribution < -0.4 is 24.3 Å². The highest BCUT2D eigenvalue weighted by atomic mass is 16.8. The molecule has 2 aliphatic carbocycles. The molecule has 7 atom stereocenters. The number of oxime groups is 1. The summed E-state index contributed by atoms with van der Waals surface area (Å²) < 4.78 is 38.4. The number of fused-ring (bicyclic) bond motifs is 3. The molecule has 0 spiro atoms. The zero-order valence-electron chi connectivity index (χ0n) is 44.6. The lowest BCUT2D eigenvalue weighted by Crippen LogP contribution is -2.70. The van der Waals surface area contributed by atoms with E-state index in [1.165, 1.54) is 44.9 Å². The van der Waals surface area contributed by atoms with Crippen LogP contribution in [0.15, 0.2) is 90.1 Å². The molecule has 3 aliphatic heterocycles. The normalized spacial score (nSPS) is 23.6. The Kier molecular flexibility index (Phi) is 21.1. The van der Waals surface area contributed by atoms with Crippen LogP contribution in [-0.2, 0) is 20.9 Å². The molecule has 1 saturated heterocycles. The molecular formula is C61H80N4O11. The summed E-state index contributed by atoms with van der Waals surface area (Å²) in [4.78, 5) is 37.3. The van der Waals surface area contributed by atoms with E-state index in [1.54, 1.807) is 41.3 Å². The molecule has 410 valence electrons. The second-order valence-corrected chi connectivity index (χ2v) is 21.0. The lowest BCUT2D eigenvalue weighted by atomic mass is 9.55. The third-order valence-corrected chi connectivity index (χ3v) is 15.8. The lowest BCUT2D eigenvalue weighted by molar-refractivity contribution is -0.255. The number of carbonyl (C=O) groups excluding carboxylic acids is 2. The summed E-state index contributed by atoms with van der Waals surface area (Å²) in [7, 11) is 0. The molecule has 0 bridgehead atoms. The fraction of sp³-hybridized carbons (Fsp3) is 0.574. The van der Waals surface area contributed by atoms with Gasteiger partial charge in [0.25, 0.3) is 5.91 Å². The Bertz CT molecular complexity index is 2480. The third kappa shape index (κ3) is 14.0. The van der Waals surface area contributed by atoms with E-state index >= 15 is 4.79 Å². The number of benzene rings is 3. The summed E-state index contributed by atoms with van der Waals surface area (Å²) in [5, 5.41) is 38.0. The van der Waals surface area contributed by atoms with Crippen LogP contribution in [0, 0.1) is 29.1 Å². The molecule has 1 saturated carbocycles. The van der Waals surface area contributed by atoms with Gasteiger partial charge >= 0.3 is 6.09 Å². The van der Waals surface area contributed by atoms with Crippen molar-refractivity contribution in [2.24, 2.45) is 22.9 Å². The second-order valence-electron chi connectivity index (χ2n) is 21.0. The molecule has 0 radical (unpaired) electrons. The number of carbonyl (C=O) groups is 2. The molecular weight excluding hydrogens is 965 g/mol. The van der Waals surface area contributed by atoms with Crippen molar-refractivity contribution in [2.75, 3.05) is 39.8 Å². The van der Waals surface area contributed by atoms with Gasteiger partial charge in [-0.1, -0.05) is 101 Å². The molecule has 3 heterocycles. The minimum absolute atomic E-state index is 0.0174. The first-order chi connectivity index (χ1) is 37.3. The van der Waals surface area contributed by atoms with Gasteiger partial charge in [-0.05, 0) is 123 Å². The van der Waals surface area contributed by atoms with E-state index in [2.05, 4.69) is 31.0 Å². The fourth-order valence-electron chi connectivity index (χ4n) is 12.0. The number of nitrogens with zero attached hydrogens (tertiary/aromatic N) is 3. The maximum Gasteiger partial charge on any atom is 0.412 e. The van der Waals surface area contributed by atoms with E-state index in [-0.39, 0.29) is 63.2 Å². The van der Waals surface area contributed by atoms with Gasteiger partial charge in [0.05, 0.1) is 36.5 Å². The largest absolute Gasteiger partial charge is 0.459 e. The number of amides is 2. The Hall–Kier alpha value is -5.92. The number of rotatable bonds is 29. The number of hydrogen-bond donors (Lipinski definition) is 3. The summed E-state index contributed by atoms with van der Waals surface area (Å²) in [5.74, 6) is -0.891. The topological polar surface area (TPSA) is 191 Å². The van der Waals surface area contributed by atoms with Gasteiger partial charge in [-0.3, -0.25) is 4.79 Å². The quantitative estimate of drug-likeness (QED) is 0.0339. The van der Waals surface area contributed by atoms with Crippen LogP contribution in [-0.4, -0.2) is 90.7 Å². The number of ether oxygens (including phenoxy) is 6. The number of aliphatic hydroxyl groups excluding tert-OH is 2. The first-order valence-corrected chi connectivity index (χ1v) is 28.3. The van der Waals surface area contributed by atoms with Gasteiger partial charge in [-0.2, -0.15) is 5.26 Å². The maximum atomic E-state index is 15.6. The van der Waals surface area contributed by atoms with Gasteiger partial charge in [0.2, 0.25) is 18.9 Å². The first-order valence-electron chi connectivity index (χ1n) is 28.3. The van der Waals surface area contributed by atoms with E-state index in [0.717, 1.165) is 74.5 Å². The van der Waals surface area contributed by atoms with E-state index in [1.807, 2.05) is 30.3 Å². The fourth-order valence-corrected chi connectivity index (χ4v) is 12.0. The van der Waals surface area contributed by atoms with Crippen LogP contribution in [0.25, 0.3) is 0 Å². The van der Waals surface area contributed by atoms with Crippen LogP contribution in [0.2, 0.25) is 0 Å². The summed E-state index contributed by atoms with van der Waals surface area (Å²) >= 11 is 0. The molecule has 3 aromatic carbocycles. The Morgan fingerprint density at radius 1 is 0.882 bits per heavy atom. The van der Waals surface area contributed by atoms with Crippen molar-refractivity contribution in [3.05, 3.63) is 107 Å². The second kappa shape index (κ2) is 28.5. The summed E-state index contributed by atoms with van der Waals surface area (Å²) in [6.45, 7) is 7.75. The molecule has 15 nitrogen and oxygen atoms in total. The van der Waals surface area contributed by atoms with E-state index in [9.17, 15) is 20.3 Å². The molecule has 15 heteroatoms. The Balaban J connectivity index is 1.21. The molecule has 0 aromatic heterocycles. The zero-order chi connectivity index (χ0) is 53.1. The van der Waals surface area contributed by atoms with E-state index in [0.29, 0.717) is 72.3 Å². The molecule has 2 fully saturated rings. The van der Waals surface area contributed by atoms with Gasteiger partial charge in [0, 0.05) is 56.2 Å². The third-order valence-electron chi connectivity index (χ3n) is 15.8. The van der Waals surface area contributed by atoms with Crippen molar-refractivity contribution in [3.8, 4) is 29.1 Å². The lowest BCUT2D eigenvalue weighted by Gasteiger charge is -2.60. The van der Waals surface area contributed by atoms with E-state index in [4.69, 9.17) is 38.4 Å². The first kappa shape index (κ1) is 56.3. The number of nitriles is 1. The summed E-state index contributed by atoms with van der Waals surface area (Å²) in [6, 6.07) is 19.1. The molecule has 3 aromatic rings. The van der Waals surface area contributed by atoms with Crippen LogP contribution in [0.5, 0.6) is 23.0 Å². The zero-order valence-corrected chi connectivity index (χ0v) is 44.6. The molecule has 2 amide bonds. The van der Waals surface area contributed by atoms with E-state index < -0.39 is 30.1 Å². The average molecular weight is 1050 g/mol. The predicted octanol–water partition coefficient (Wildman–Crippen LogP) is 11.8. The maximum absolute atomic E-state index is 15.6. The van der Waals surface area contributed by atoms with Crippen LogP contribution in [0.1, 0.15) is 168 Å². The van der Waals surface area contributed by atoms with Crippen LogP contribution >= 0.6 is 0 Å². The van der Waals surface area contributed by atoms with Crippen molar-refractivity contribution in [1.29, 1.82) is 5.26 Å². The van der Waals surface area contributed by atoms with Crippen molar-refractivity contribution in [3.63, 3.8) is 0 Å². The summed E-state index contributed by atoms with van der Waals surface area (Å²) in [5.41, 5.74) is 3.87. The van der Waals surface area contributed by atoms with Crippen molar-refractivity contribution >= 4 is 17.7 Å². The van der Waals surface area contributed by atoms with Gasteiger partial charge < -0.3 is 53.7 Å². The number of nitrogens with one attached hydrogen (secondary N) is 1. The number of hydrogen-bond acceptors (Lipinski definition) is 13. The SMILES string of the molecule is C=CCO[C@@]12Oc3ccc(OC(=O)NCCCCCCCCCCCC)cc3[C@H]3[C@H](CCCCO)[C@@H](CCCCO)C=C(C(=NOC4CCCCO4)C[C@@H]1N(Cc1ccc4c(c1)OCO4)C(=O)c1ccc(C#N)cc1)[C@H]32. The number of unbranched alkanes of at least 4 members (excludes halogenated alkanes) is 11. The van der Waals surface area contributed by atoms with Crippen LogP contribution in [0.4, 0.5) is 4.79 Å². The highest BCUT2D eigenvalue weighted by molar-refractivity contribution is 6.03. The standard InChI is InChI=1S/C61H80N4O11/c1-3-5-6-7-8-9-10-11-12-16-31-63-60(69)74-47-28-30-52-50(38-47)57-48(21-14-18-33-67)46(20-13-17-32-66)37-49-51(64-76-56-22-15-19-35-70-56)39-55(61(75-52,58(49)57)73-34-4-2)65(59(68)45-26-23-43(40-62)24-27-45)41-44-25-29-53-54(36-44)72-42-71-53/h4,23-30,36-38,46,48,55-58,66-67H,2-3,5-22,31-35,39,41-42H2,1H3,(H,63,69)/t46-,48+,55-,56?,57+,58+,61+/m0/s1. The smallest absolute Gasteiger partial charge is 0.412 e.